The number of anilines is 1. The number of carbonyl (C=O) groups is 1. The molecule has 25 heavy (non-hydrogen) atoms. The molecule has 1 heterocycles. The molecule has 3 rings (SSSR count). The Balaban J connectivity index is 1.75. The molecule has 4 heteroatoms. The van der Waals surface area contributed by atoms with Crippen molar-refractivity contribution in [2.45, 2.75) is 38.8 Å². The molecular formula is C21H27N2O2+. The van der Waals surface area contributed by atoms with Crippen molar-refractivity contribution in [1.29, 1.82) is 0 Å². The third-order valence-corrected chi connectivity index (χ3v) is 4.75. The average Bonchev–Trinajstić information content (AvgIpc) is 3.13. The van der Waals surface area contributed by atoms with Crippen molar-refractivity contribution in [3.63, 3.8) is 0 Å². The monoisotopic (exact) mass is 339 g/mol. The predicted molar refractivity (Wildman–Crippen MR) is 99.5 cm³/mol. The summed E-state index contributed by atoms with van der Waals surface area (Å²) < 4.78 is 5.71. The molecule has 1 amide bonds. The third-order valence-electron chi connectivity index (χ3n) is 4.75. The largest absolute Gasteiger partial charge is 0.372 e. The van der Waals surface area contributed by atoms with Crippen LogP contribution in [0.4, 0.5) is 5.69 Å². The standard InChI is InChI=1S/C21H26N2O2/c1-15-10-11-16(2)19(13-15)23-21(24)20(17-7-4-3-5-8-17)22-14-18-9-6-12-25-18/h3-5,7-8,10-11,13,18,20,22H,6,9,12,14H2,1-2H3,(H,23,24)/p+1/t18-,20+/m0/s1. The van der Waals surface area contributed by atoms with E-state index in [1.165, 1.54) is 0 Å². The van der Waals surface area contributed by atoms with Gasteiger partial charge in [-0.1, -0.05) is 42.5 Å². The van der Waals surface area contributed by atoms with Crippen LogP contribution in [-0.4, -0.2) is 25.2 Å². The zero-order chi connectivity index (χ0) is 17.6. The van der Waals surface area contributed by atoms with E-state index in [0.717, 1.165) is 48.4 Å². The first-order valence-electron chi connectivity index (χ1n) is 9.01. The van der Waals surface area contributed by atoms with E-state index < -0.39 is 0 Å². The van der Waals surface area contributed by atoms with Crippen molar-refractivity contribution in [3.8, 4) is 0 Å². The lowest BCUT2D eigenvalue weighted by molar-refractivity contribution is -0.687. The topological polar surface area (TPSA) is 54.9 Å². The molecule has 0 aliphatic carbocycles. The summed E-state index contributed by atoms with van der Waals surface area (Å²) in [6.45, 7) is 5.69. The normalized spacial score (nSPS) is 18.1. The summed E-state index contributed by atoms with van der Waals surface area (Å²) in [5.41, 5.74) is 4.12. The Labute approximate surface area is 149 Å². The fraction of sp³-hybridized carbons (Fsp3) is 0.381. The molecule has 0 bridgehead atoms. The number of carbonyl (C=O) groups excluding carboxylic acids is 1. The fourth-order valence-corrected chi connectivity index (χ4v) is 3.25. The summed E-state index contributed by atoms with van der Waals surface area (Å²) in [5.74, 6) is 0.0119. The van der Waals surface area contributed by atoms with Crippen LogP contribution in [-0.2, 0) is 9.53 Å². The van der Waals surface area contributed by atoms with Crippen molar-refractivity contribution in [3.05, 3.63) is 65.2 Å². The molecule has 132 valence electrons. The Hall–Kier alpha value is -2.17. The van der Waals surface area contributed by atoms with Gasteiger partial charge in [-0.2, -0.15) is 0 Å². The number of nitrogens with two attached hydrogens (primary N) is 1. The van der Waals surface area contributed by atoms with E-state index >= 15 is 0 Å². The van der Waals surface area contributed by atoms with Crippen LogP contribution in [0, 0.1) is 13.8 Å². The summed E-state index contributed by atoms with van der Waals surface area (Å²) >= 11 is 0. The molecule has 2 aromatic rings. The molecule has 0 radical (unpaired) electrons. The van der Waals surface area contributed by atoms with Gasteiger partial charge < -0.3 is 15.4 Å². The highest BCUT2D eigenvalue weighted by Gasteiger charge is 2.27. The molecule has 0 unspecified atom stereocenters. The van der Waals surface area contributed by atoms with Gasteiger partial charge in [0.05, 0.1) is 0 Å². The first kappa shape index (κ1) is 17.6. The minimum Gasteiger partial charge on any atom is -0.372 e. The fourth-order valence-electron chi connectivity index (χ4n) is 3.25. The smallest absolute Gasteiger partial charge is 0.287 e. The number of quaternary nitrogens is 1. The summed E-state index contributed by atoms with van der Waals surface area (Å²) in [6.07, 6.45) is 2.44. The van der Waals surface area contributed by atoms with Crippen LogP contribution in [0.1, 0.15) is 35.6 Å². The summed E-state index contributed by atoms with van der Waals surface area (Å²) in [6, 6.07) is 15.8. The number of hydrogen-bond acceptors (Lipinski definition) is 2. The number of benzene rings is 2. The van der Waals surface area contributed by atoms with Crippen LogP contribution in [0.2, 0.25) is 0 Å². The lowest BCUT2D eigenvalue weighted by Crippen LogP contribution is -2.89. The van der Waals surface area contributed by atoms with Gasteiger partial charge in [-0.25, -0.2) is 0 Å². The molecule has 2 aromatic carbocycles. The number of hydrogen-bond donors (Lipinski definition) is 2. The minimum absolute atomic E-state index is 0.0119. The Morgan fingerprint density at radius 1 is 1.24 bits per heavy atom. The second-order valence-electron chi connectivity index (χ2n) is 6.80. The lowest BCUT2D eigenvalue weighted by atomic mass is 10.0. The zero-order valence-electron chi connectivity index (χ0n) is 15.0. The van der Waals surface area contributed by atoms with Gasteiger partial charge in [0.2, 0.25) is 0 Å². The van der Waals surface area contributed by atoms with Crippen LogP contribution in [0.15, 0.2) is 48.5 Å². The van der Waals surface area contributed by atoms with Crippen molar-refractivity contribution in [2.75, 3.05) is 18.5 Å². The van der Waals surface area contributed by atoms with E-state index in [-0.39, 0.29) is 18.1 Å². The Morgan fingerprint density at radius 2 is 2.04 bits per heavy atom. The maximum Gasteiger partial charge on any atom is 0.287 e. The van der Waals surface area contributed by atoms with E-state index in [1.54, 1.807) is 0 Å². The highest BCUT2D eigenvalue weighted by molar-refractivity contribution is 5.95. The van der Waals surface area contributed by atoms with E-state index in [0.29, 0.717) is 0 Å². The zero-order valence-corrected chi connectivity index (χ0v) is 15.0. The summed E-state index contributed by atoms with van der Waals surface area (Å²) in [4.78, 5) is 13.0. The molecule has 0 aromatic heterocycles. The number of nitrogens with one attached hydrogen (secondary N) is 1. The van der Waals surface area contributed by atoms with Gasteiger partial charge in [0.1, 0.15) is 12.6 Å². The maximum absolute atomic E-state index is 13.0. The second kappa shape index (κ2) is 8.28. The van der Waals surface area contributed by atoms with Crippen LogP contribution in [0.3, 0.4) is 0 Å². The predicted octanol–water partition coefficient (Wildman–Crippen LogP) is 2.73. The van der Waals surface area contributed by atoms with E-state index in [1.807, 2.05) is 56.3 Å². The molecule has 4 nitrogen and oxygen atoms in total. The molecule has 1 fully saturated rings. The molecule has 2 atom stereocenters. The number of amides is 1. The van der Waals surface area contributed by atoms with Crippen LogP contribution >= 0.6 is 0 Å². The molecule has 1 aliphatic rings. The van der Waals surface area contributed by atoms with Crippen LogP contribution in [0.5, 0.6) is 0 Å². The van der Waals surface area contributed by atoms with Gasteiger partial charge >= 0.3 is 0 Å². The Kier molecular flexibility index (Phi) is 5.84. The maximum atomic E-state index is 13.0. The molecule has 0 spiro atoms. The van der Waals surface area contributed by atoms with Crippen LogP contribution in [0.25, 0.3) is 0 Å². The van der Waals surface area contributed by atoms with Gasteiger partial charge in [0.25, 0.3) is 5.91 Å². The summed E-state index contributed by atoms with van der Waals surface area (Å²) in [7, 11) is 0. The summed E-state index contributed by atoms with van der Waals surface area (Å²) in [5, 5.41) is 5.22. The molecule has 1 saturated heterocycles. The van der Waals surface area contributed by atoms with Gasteiger partial charge in [0.15, 0.2) is 6.04 Å². The van der Waals surface area contributed by atoms with Gasteiger partial charge in [-0.3, -0.25) is 4.79 Å². The highest BCUT2D eigenvalue weighted by Crippen LogP contribution is 2.19. The Morgan fingerprint density at radius 3 is 2.76 bits per heavy atom. The van der Waals surface area contributed by atoms with Crippen molar-refractivity contribution in [1.82, 2.24) is 0 Å². The van der Waals surface area contributed by atoms with E-state index in [9.17, 15) is 4.79 Å². The van der Waals surface area contributed by atoms with Crippen molar-refractivity contribution in [2.24, 2.45) is 0 Å². The molecule has 1 aliphatic heterocycles. The SMILES string of the molecule is Cc1ccc(C)c(NC(=O)[C@H]([NH2+]C[C@@H]2CCCO2)c2ccccc2)c1. The first-order valence-corrected chi connectivity index (χ1v) is 9.01. The van der Waals surface area contributed by atoms with E-state index in [4.69, 9.17) is 4.74 Å². The number of ether oxygens (including phenoxy) is 1. The second-order valence-corrected chi connectivity index (χ2v) is 6.80. The van der Waals surface area contributed by atoms with Gasteiger partial charge in [-0.15, -0.1) is 0 Å². The van der Waals surface area contributed by atoms with Crippen molar-refractivity contribution < 1.29 is 14.8 Å². The quantitative estimate of drug-likeness (QED) is 0.850. The Bertz CT molecular complexity index is 709. The number of rotatable bonds is 6. The molecule has 0 saturated carbocycles. The average molecular weight is 339 g/mol. The molecule has 3 N–H and O–H groups in total. The lowest BCUT2D eigenvalue weighted by Gasteiger charge is -2.19. The first-order chi connectivity index (χ1) is 12.1. The van der Waals surface area contributed by atoms with E-state index in [2.05, 4.69) is 16.7 Å². The van der Waals surface area contributed by atoms with Crippen LogP contribution < -0.4 is 10.6 Å². The third kappa shape index (κ3) is 4.68. The highest BCUT2D eigenvalue weighted by atomic mass is 16.5. The van der Waals surface area contributed by atoms with Gasteiger partial charge in [-0.05, 0) is 43.9 Å². The minimum atomic E-state index is -0.273. The number of aryl methyl sites for hydroxylation is 2. The van der Waals surface area contributed by atoms with Crippen molar-refractivity contribution >= 4 is 11.6 Å². The van der Waals surface area contributed by atoms with Gasteiger partial charge in [0, 0.05) is 17.9 Å². The molecular weight excluding hydrogens is 312 g/mol.